The van der Waals surface area contributed by atoms with Gasteiger partial charge in [0, 0.05) is 22.0 Å². The highest BCUT2D eigenvalue weighted by molar-refractivity contribution is 9.10. The number of nitrogens with zero attached hydrogens (tertiary/aromatic N) is 1. The van der Waals surface area contributed by atoms with E-state index in [1.165, 1.54) is 0 Å². The van der Waals surface area contributed by atoms with Gasteiger partial charge in [0.1, 0.15) is 0 Å². The Balaban J connectivity index is 3.02. The van der Waals surface area contributed by atoms with E-state index in [0.29, 0.717) is 10.5 Å². The van der Waals surface area contributed by atoms with Crippen LogP contribution in [0.2, 0.25) is 0 Å². The molecule has 0 bridgehead atoms. The molecule has 1 unspecified atom stereocenters. The minimum absolute atomic E-state index is 0.0550. The van der Waals surface area contributed by atoms with E-state index in [1.54, 1.807) is 0 Å². The maximum Gasteiger partial charge on any atom is 0.255 e. The molecule has 1 aromatic rings. The van der Waals surface area contributed by atoms with Gasteiger partial charge in [-0.1, -0.05) is 22.9 Å². The Kier molecular flexibility index (Phi) is 5.53. The molecule has 1 aromatic carbocycles. The summed E-state index contributed by atoms with van der Waals surface area (Å²) >= 11 is 7.73. The highest BCUT2D eigenvalue weighted by atomic mass is 79.9. The zero-order valence-electron chi connectivity index (χ0n) is 10.4. The standard InChI is InChI=1S/C13H18BrNOS/c1-4-9(3)15(5-2)13(16)11-7-6-10(14)8-12(11)17/h6-9,17H,4-5H2,1-3H3. The van der Waals surface area contributed by atoms with E-state index in [0.717, 1.165) is 17.4 Å². The van der Waals surface area contributed by atoms with Gasteiger partial charge in [0.05, 0.1) is 5.56 Å². The van der Waals surface area contributed by atoms with E-state index in [1.807, 2.05) is 30.0 Å². The largest absolute Gasteiger partial charge is 0.336 e. The fourth-order valence-electron chi connectivity index (χ4n) is 1.72. The van der Waals surface area contributed by atoms with Crippen LogP contribution in [0.15, 0.2) is 27.6 Å². The first kappa shape index (κ1) is 14.6. The van der Waals surface area contributed by atoms with E-state index >= 15 is 0 Å². The fraction of sp³-hybridized carbons (Fsp3) is 0.462. The van der Waals surface area contributed by atoms with Crippen LogP contribution >= 0.6 is 28.6 Å². The van der Waals surface area contributed by atoms with E-state index in [2.05, 4.69) is 42.4 Å². The lowest BCUT2D eigenvalue weighted by molar-refractivity contribution is 0.0696. The van der Waals surface area contributed by atoms with Gasteiger partial charge in [-0.05, 0) is 38.5 Å². The number of rotatable bonds is 4. The van der Waals surface area contributed by atoms with E-state index in [-0.39, 0.29) is 11.9 Å². The molecule has 1 rings (SSSR count). The van der Waals surface area contributed by atoms with Crippen molar-refractivity contribution >= 4 is 34.5 Å². The van der Waals surface area contributed by atoms with Crippen molar-refractivity contribution in [2.45, 2.75) is 38.1 Å². The number of thiol groups is 1. The van der Waals surface area contributed by atoms with Crippen molar-refractivity contribution in [3.63, 3.8) is 0 Å². The molecule has 1 amide bonds. The second kappa shape index (κ2) is 6.45. The predicted octanol–water partition coefficient (Wildman–Crippen LogP) is 4.00. The lowest BCUT2D eigenvalue weighted by Crippen LogP contribution is -2.38. The molecule has 0 radical (unpaired) electrons. The summed E-state index contributed by atoms with van der Waals surface area (Å²) in [6.45, 7) is 6.88. The molecule has 4 heteroatoms. The Bertz CT molecular complexity index is 408. The molecule has 0 aliphatic rings. The SMILES string of the molecule is CCC(C)N(CC)C(=O)c1ccc(Br)cc1S. The van der Waals surface area contributed by atoms with Crippen molar-refractivity contribution in [3.8, 4) is 0 Å². The van der Waals surface area contributed by atoms with Gasteiger partial charge in [-0.2, -0.15) is 0 Å². The molecule has 0 fully saturated rings. The lowest BCUT2D eigenvalue weighted by atomic mass is 10.1. The maximum atomic E-state index is 12.4. The average molecular weight is 316 g/mol. The van der Waals surface area contributed by atoms with Crippen molar-refractivity contribution in [1.29, 1.82) is 0 Å². The lowest BCUT2D eigenvalue weighted by Gasteiger charge is -2.27. The van der Waals surface area contributed by atoms with Crippen molar-refractivity contribution in [2.75, 3.05) is 6.54 Å². The predicted molar refractivity (Wildman–Crippen MR) is 77.9 cm³/mol. The van der Waals surface area contributed by atoms with E-state index < -0.39 is 0 Å². The number of benzene rings is 1. The van der Waals surface area contributed by atoms with Crippen LogP contribution in [-0.4, -0.2) is 23.4 Å². The monoisotopic (exact) mass is 315 g/mol. The third-order valence-electron chi connectivity index (χ3n) is 2.91. The van der Waals surface area contributed by atoms with Crippen LogP contribution in [0.25, 0.3) is 0 Å². The summed E-state index contributed by atoms with van der Waals surface area (Å²) in [4.78, 5) is 15.0. The number of amides is 1. The zero-order chi connectivity index (χ0) is 13.0. The Morgan fingerprint density at radius 1 is 1.47 bits per heavy atom. The molecule has 17 heavy (non-hydrogen) atoms. The number of hydrogen-bond donors (Lipinski definition) is 1. The molecule has 94 valence electrons. The normalized spacial score (nSPS) is 12.3. The molecule has 0 N–H and O–H groups in total. The van der Waals surface area contributed by atoms with Gasteiger partial charge in [0.15, 0.2) is 0 Å². The third-order valence-corrected chi connectivity index (χ3v) is 3.78. The summed E-state index contributed by atoms with van der Waals surface area (Å²) in [5.41, 5.74) is 0.665. The van der Waals surface area contributed by atoms with Crippen molar-refractivity contribution in [1.82, 2.24) is 4.90 Å². The number of halogens is 1. The summed E-state index contributed by atoms with van der Waals surface area (Å²) in [7, 11) is 0. The van der Waals surface area contributed by atoms with Crippen LogP contribution in [0.1, 0.15) is 37.6 Å². The first-order valence-corrected chi connectivity index (χ1v) is 7.04. The Morgan fingerprint density at radius 3 is 2.59 bits per heavy atom. The van der Waals surface area contributed by atoms with Crippen LogP contribution in [0.5, 0.6) is 0 Å². The highest BCUT2D eigenvalue weighted by Crippen LogP contribution is 2.22. The first-order chi connectivity index (χ1) is 8.01. The summed E-state index contributed by atoms with van der Waals surface area (Å²) in [6.07, 6.45) is 0.956. The van der Waals surface area contributed by atoms with Crippen LogP contribution < -0.4 is 0 Å². The first-order valence-electron chi connectivity index (χ1n) is 5.80. The summed E-state index contributed by atoms with van der Waals surface area (Å²) < 4.78 is 0.936. The van der Waals surface area contributed by atoms with Crippen molar-refractivity contribution in [3.05, 3.63) is 28.2 Å². The van der Waals surface area contributed by atoms with E-state index in [9.17, 15) is 4.79 Å². The van der Waals surface area contributed by atoms with Gasteiger partial charge < -0.3 is 4.90 Å². The Labute approximate surface area is 117 Å². The molecule has 0 saturated carbocycles. The smallest absolute Gasteiger partial charge is 0.255 e. The second-order valence-corrected chi connectivity index (χ2v) is 5.41. The molecule has 2 nitrogen and oxygen atoms in total. The zero-order valence-corrected chi connectivity index (χ0v) is 12.9. The topological polar surface area (TPSA) is 20.3 Å². The molecule has 0 aliphatic heterocycles. The number of carbonyl (C=O) groups is 1. The molecular weight excluding hydrogens is 298 g/mol. The van der Waals surface area contributed by atoms with Crippen molar-refractivity contribution < 1.29 is 4.79 Å². The minimum Gasteiger partial charge on any atom is -0.336 e. The van der Waals surface area contributed by atoms with Gasteiger partial charge in [-0.15, -0.1) is 12.6 Å². The van der Waals surface area contributed by atoms with Crippen LogP contribution in [0.4, 0.5) is 0 Å². The molecule has 0 saturated heterocycles. The fourth-order valence-corrected chi connectivity index (χ4v) is 2.56. The molecule has 0 aromatic heterocycles. The quantitative estimate of drug-likeness (QED) is 0.833. The van der Waals surface area contributed by atoms with Gasteiger partial charge in [0.2, 0.25) is 0 Å². The van der Waals surface area contributed by atoms with Crippen LogP contribution in [-0.2, 0) is 0 Å². The molecule has 0 aliphatic carbocycles. The summed E-state index contributed by atoms with van der Waals surface area (Å²) in [5, 5.41) is 0. The van der Waals surface area contributed by atoms with Gasteiger partial charge in [-0.25, -0.2) is 0 Å². The van der Waals surface area contributed by atoms with Gasteiger partial charge in [-0.3, -0.25) is 4.79 Å². The average Bonchev–Trinajstić information content (AvgIpc) is 2.29. The molecule has 0 spiro atoms. The Morgan fingerprint density at radius 2 is 2.12 bits per heavy atom. The van der Waals surface area contributed by atoms with Crippen molar-refractivity contribution in [2.24, 2.45) is 0 Å². The number of carbonyl (C=O) groups excluding carboxylic acids is 1. The van der Waals surface area contributed by atoms with Gasteiger partial charge in [0.25, 0.3) is 5.91 Å². The second-order valence-electron chi connectivity index (χ2n) is 4.01. The minimum atomic E-state index is 0.0550. The Hall–Kier alpha value is -0.480. The van der Waals surface area contributed by atoms with Crippen LogP contribution in [0.3, 0.4) is 0 Å². The maximum absolute atomic E-state index is 12.4. The summed E-state index contributed by atoms with van der Waals surface area (Å²) in [6, 6.07) is 5.79. The molecular formula is C13H18BrNOS. The van der Waals surface area contributed by atoms with E-state index in [4.69, 9.17) is 0 Å². The van der Waals surface area contributed by atoms with Gasteiger partial charge >= 0.3 is 0 Å². The molecule has 0 heterocycles. The molecule has 1 atom stereocenters. The number of hydrogen-bond acceptors (Lipinski definition) is 2. The highest BCUT2D eigenvalue weighted by Gasteiger charge is 2.20. The summed E-state index contributed by atoms with van der Waals surface area (Å²) in [5.74, 6) is 0.0550. The third kappa shape index (κ3) is 3.49. The van der Waals surface area contributed by atoms with Crippen LogP contribution in [0, 0.1) is 0 Å².